The van der Waals surface area contributed by atoms with Crippen LogP contribution in [0.4, 0.5) is 0 Å². The minimum atomic E-state index is -0.254. The molecule has 0 spiro atoms. The Morgan fingerprint density at radius 3 is 1.75 bits per heavy atom. The second kappa shape index (κ2) is 17.5. The Labute approximate surface area is 173 Å². The molecule has 28 heavy (non-hydrogen) atoms. The molecule has 0 amide bonds. The summed E-state index contributed by atoms with van der Waals surface area (Å²) in [7, 11) is 0. The first-order chi connectivity index (χ1) is 13.8. The summed E-state index contributed by atoms with van der Waals surface area (Å²) in [5.74, 6) is -0.254. The lowest BCUT2D eigenvalue weighted by molar-refractivity contribution is 0.0376. The van der Waals surface area contributed by atoms with Gasteiger partial charge in [0.1, 0.15) is 6.10 Å². The third kappa shape index (κ3) is 12.8. The van der Waals surface area contributed by atoms with Crippen LogP contribution in [0, 0.1) is 0 Å². The second-order valence-corrected chi connectivity index (χ2v) is 7.93. The predicted molar refractivity (Wildman–Crippen MR) is 121 cm³/mol. The van der Waals surface area contributed by atoms with Crippen molar-refractivity contribution in [2.24, 2.45) is 0 Å². The van der Waals surface area contributed by atoms with Gasteiger partial charge in [0.15, 0.2) is 0 Å². The van der Waals surface area contributed by atoms with Gasteiger partial charge in [-0.3, -0.25) is 0 Å². The molecule has 0 aliphatic rings. The van der Waals surface area contributed by atoms with E-state index in [2.05, 4.69) is 13.5 Å². The predicted octanol–water partition coefficient (Wildman–Crippen LogP) is 8.27. The number of ether oxygens (including phenoxy) is 1. The van der Waals surface area contributed by atoms with Crippen LogP contribution in [0.15, 0.2) is 43.0 Å². The highest BCUT2D eigenvalue weighted by Gasteiger charge is 2.12. The SMILES string of the molecule is C=CC(CCCCCCCCCCCCCCCC)OC(=O)c1ccccc1. The number of hydrogen-bond acceptors (Lipinski definition) is 2. The smallest absolute Gasteiger partial charge is 0.338 e. The van der Waals surface area contributed by atoms with Gasteiger partial charge in [0, 0.05) is 0 Å². The van der Waals surface area contributed by atoms with E-state index in [-0.39, 0.29) is 12.1 Å². The summed E-state index contributed by atoms with van der Waals surface area (Å²) >= 11 is 0. The van der Waals surface area contributed by atoms with Crippen LogP contribution in [0.25, 0.3) is 0 Å². The van der Waals surface area contributed by atoms with E-state index in [1.807, 2.05) is 18.2 Å². The second-order valence-electron chi connectivity index (χ2n) is 7.93. The van der Waals surface area contributed by atoms with Crippen LogP contribution in [0.1, 0.15) is 114 Å². The summed E-state index contributed by atoms with van der Waals surface area (Å²) in [6.45, 7) is 6.09. The minimum absolute atomic E-state index is 0.176. The maximum atomic E-state index is 12.1. The molecule has 0 saturated carbocycles. The van der Waals surface area contributed by atoms with Crippen LogP contribution in [0.2, 0.25) is 0 Å². The number of carbonyl (C=O) groups is 1. The lowest BCUT2D eigenvalue weighted by atomic mass is 10.0. The van der Waals surface area contributed by atoms with E-state index in [1.54, 1.807) is 18.2 Å². The standard InChI is InChI=1S/C26H42O2/c1-3-5-6-7-8-9-10-11-12-13-14-15-16-20-23-25(4-2)28-26(27)24-21-18-17-19-22-24/h4,17-19,21-22,25H,2-3,5-16,20,23H2,1H3. The van der Waals surface area contributed by atoms with Gasteiger partial charge in [0.25, 0.3) is 0 Å². The molecular weight excluding hydrogens is 344 g/mol. The van der Waals surface area contributed by atoms with Gasteiger partial charge < -0.3 is 4.74 Å². The van der Waals surface area contributed by atoms with Crippen molar-refractivity contribution in [3.8, 4) is 0 Å². The molecule has 0 N–H and O–H groups in total. The molecule has 1 aromatic carbocycles. The average Bonchev–Trinajstić information content (AvgIpc) is 2.73. The molecule has 1 atom stereocenters. The zero-order valence-corrected chi connectivity index (χ0v) is 18.2. The van der Waals surface area contributed by atoms with Gasteiger partial charge in [0.2, 0.25) is 0 Å². The van der Waals surface area contributed by atoms with E-state index in [1.165, 1.54) is 83.5 Å². The highest BCUT2D eigenvalue weighted by atomic mass is 16.5. The minimum Gasteiger partial charge on any atom is -0.455 e. The fraction of sp³-hybridized carbons (Fsp3) is 0.654. The molecule has 0 aromatic heterocycles. The first-order valence-electron chi connectivity index (χ1n) is 11.7. The molecule has 0 aliphatic carbocycles. The molecule has 2 heteroatoms. The Morgan fingerprint density at radius 1 is 0.821 bits per heavy atom. The van der Waals surface area contributed by atoms with E-state index in [4.69, 9.17) is 4.74 Å². The van der Waals surface area contributed by atoms with Crippen molar-refractivity contribution < 1.29 is 9.53 Å². The Kier molecular flexibility index (Phi) is 15.3. The quantitative estimate of drug-likeness (QED) is 0.144. The van der Waals surface area contributed by atoms with E-state index in [9.17, 15) is 4.79 Å². The highest BCUT2D eigenvalue weighted by Crippen LogP contribution is 2.15. The number of carbonyl (C=O) groups excluding carboxylic acids is 1. The number of hydrogen-bond donors (Lipinski definition) is 0. The van der Waals surface area contributed by atoms with E-state index < -0.39 is 0 Å². The van der Waals surface area contributed by atoms with E-state index >= 15 is 0 Å². The molecule has 0 heterocycles. The van der Waals surface area contributed by atoms with Crippen LogP contribution in [-0.2, 0) is 4.74 Å². The number of rotatable bonds is 18. The lowest BCUT2D eigenvalue weighted by Gasteiger charge is -2.14. The summed E-state index contributed by atoms with van der Waals surface area (Å²) in [4.78, 5) is 12.1. The first kappa shape index (κ1) is 24.5. The van der Waals surface area contributed by atoms with Gasteiger partial charge in [-0.2, -0.15) is 0 Å². The van der Waals surface area contributed by atoms with Gasteiger partial charge in [-0.05, 0) is 25.0 Å². The third-order valence-electron chi connectivity index (χ3n) is 5.37. The largest absolute Gasteiger partial charge is 0.455 e. The molecule has 2 nitrogen and oxygen atoms in total. The fourth-order valence-electron chi connectivity index (χ4n) is 3.54. The maximum absolute atomic E-state index is 12.1. The third-order valence-corrected chi connectivity index (χ3v) is 5.37. The van der Waals surface area contributed by atoms with Crippen LogP contribution in [0.3, 0.4) is 0 Å². The van der Waals surface area contributed by atoms with Crippen LogP contribution in [0.5, 0.6) is 0 Å². The normalized spacial score (nSPS) is 11.9. The molecule has 1 aromatic rings. The fourth-order valence-corrected chi connectivity index (χ4v) is 3.54. The monoisotopic (exact) mass is 386 g/mol. The van der Waals surface area contributed by atoms with Gasteiger partial charge >= 0.3 is 5.97 Å². The summed E-state index contributed by atoms with van der Waals surface area (Å²) < 4.78 is 5.54. The van der Waals surface area contributed by atoms with Gasteiger partial charge in [-0.15, -0.1) is 0 Å². The molecule has 0 aliphatic heterocycles. The van der Waals surface area contributed by atoms with E-state index in [0.717, 1.165) is 12.8 Å². The van der Waals surface area contributed by atoms with Gasteiger partial charge in [0.05, 0.1) is 5.56 Å². The molecule has 0 fully saturated rings. The Hall–Kier alpha value is -1.57. The van der Waals surface area contributed by atoms with Crippen molar-refractivity contribution in [1.29, 1.82) is 0 Å². The van der Waals surface area contributed by atoms with Crippen molar-refractivity contribution in [3.05, 3.63) is 48.6 Å². The zero-order chi connectivity index (χ0) is 20.3. The molecule has 0 bridgehead atoms. The Morgan fingerprint density at radius 2 is 1.29 bits per heavy atom. The topological polar surface area (TPSA) is 26.3 Å². The average molecular weight is 387 g/mol. The molecule has 158 valence electrons. The lowest BCUT2D eigenvalue weighted by Crippen LogP contribution is -2.16. The molecule has 0 saturated heterocycles. The molecule has 1 rings (SSSR count). The Bertz CT molecular complexity index is 494. The summed E-state index contributed by atoms with van der Waals surface area (Å²) in [5.41, 5.74) is 0.607. The van der Waals surface area contributed by atoms with Crippen LogP contribution in [-0.4, -0.2) is 12.1 Å². The van der Waals surface area contributed by atoms with Crippen molar-refractivity contribution in [2.75, 3.05) is 0 Å². The van der Waals surface area contributed by atoms with Gasteiger partial charge in [-0.25, -0.2) is 4.79 Å². The van der Waals surface area contributed by atoms with Crippen molar-refractivity contribution in [2.45, 2.75) is 109 Å². The van der Waals surface area contributed by atoms with Crippen molar-refractivity contribution >= 4 is 5.97 Å². The van der Waals surface area contributed by atoms with Gasteiger partial charge in [-0.1, -0.05) is 121 Å². The molecular formula is C26H42O2. The van der Waals surface area contributed by atoms with Crippen LogP contribution < -0.4 is 0 Å². The molecule has 1 unspecified atom stereocenters. The number of esters is 1. The van der Waals surface area contributed by atoms with Crippen molar-refractivity contribution in [3.63, 3.8) is 0 Å². The highest BCUT2D eigenvalue weighted by molar-refractivity contribution is 5.89. The first-order valence-corrected chi connectivity index (χ1v) is 11.7. The van der Waals surface area contributed by atoms with Crippen molar-refractivity contribution in [1.82, 2.24) is 0 Å². The summed E-state index contributed by atoms with van der Waals surface area (Å²) in [5, 5.41) is 0. The number of benzene rings is 1. The Balaban J connectivity index is 1.93. The van der Waals surface area contributed by atoms with E-state index in [0.29, 0.717) is 5.56 Å². The zero-order valence-electron chi connectivity index (χ0n) is 18.2. The number of unbranched alkanes of at least 4 members (excludes halogenated alkanes) is 13. The maximum Gasteiger partial charge on any atom is 0.338 e. The summed E-state index contributed by atoms with van der Waals surface area (Å²) in [6, 6.07) is 9.18. The summed E-state index contributed by atoms with van der Waals surface area (Å²) in [6.07, 6.45) is 21.4. The van der Waals surface area contributed by atoms with Crippen LogP contribution >= 0.6 is 0 Å². The molecule has 0 radical (unpaired) electrons.